The molecule has 118 valence electrons. The summed E-state index contributed by atoms with van der Waals surface area (Å²) >= 11 is 3.30. The van der Waals surface area contributed by atoms with Crippen LogP contribution in [0.3, 0.4) is 0 Å². The molecule has 1 N–H and O–H groups in total. The summed E-state index contributed by atoms with van der Waals surface area (Å²) in [7, 11) is 2.92. The van der Waals surface area contributed by atoms with E-state index in [1.807, 2.05) is 0 Å². The highest BCUT2D eigenvalue weighted by Crippen LogP contribution is 2.38. The van der Waals surface area contributed by atoms with Crippen LogP contribution in [0.1, 0.15) is 5.69 Å². The number of hydrogen-bond donors (Lipinski definition) is 1. The summed E-state index contributed by atoms with van der Waals surface area (Å²) in [6, 6.07) is 3.96. The van der Waals surface area contributed by atoms with Crippen molar-refractivity contribution in [3.63, 3.8) is 0 Å². The second kappa shape index (κ2) is 6.39. The number of nitrogens with one attached hydrogen (secondary N) is 1. The van der Waals surface area contributed by atoms with Gasteiger partial charge in [-0.05, 0) is 22.0 Å². The first kappa shape index (κ1) is 16.3. The molecule has 0 unspecified atom stereocenters. The Bertz CT molecular complexity index is 655. The molecule has 0 radical (unpaired) electrons. The fourth-order valence-electron chi connectivity index (χ4n) is 1.65. The molecule has 0 amide bonds. The third kappa shape index (κ3) is 3.59. The topological polar surface area (TPSA) is 56.3 Å². The van der Waals surface area contributed by atoms with Crippen LogP contribution in [0, 0.1) is 0 Å². The Labute approximate surface area is 132 Å². The largest absolute Gasteiger partial charge is 0.495 e. The van der Waals surface area contributed by atoms with Crippen molar-refractivity contribution in [2.24, 2.45) is 0 Å². The number of benzene rings is 1. The first-order chi connectivity index (χ1) is 10.3. The maximum absolute atomic E-state index is 12.6. The SMILES string of the molecule is COc1cc(Nc2nccc(C(F)(F)F)n2)cc(OC)c1Br. The number of methoxy groups -OCH3 is 2. The highest BCUT2D eigenvalue weighted by Gasteiger charge is 2.32. The minimum atomic E-state index is -4.53. The highest BCUT2D eigenvalue weighted by molar-refractivity contribution is 9.10. The third-order valence-corrected chi connectivity index (χ3v) is 3.43. The molecule has 0 bridgehead atoms. The maximum Gasteiger partial charge on any atom is 0.433 e. The number of hydrogen-bond acceptors (Lipinski definition) is 5. The van der Waals surface area contributed by atoms with Crippen LogP contribution >= 0.6 is 15.9 Å². The van der Waals surface area contributed by atoms with E-state index in [4.69, 9.17) is 9.47 Å². The average Bonchev–Trinajstić information content (AvgIpc) is 2.48. The molecule has 0 fully saturated rings. The van der Waals surface area contributed by atoms with Gasteiger partial charge in [0, 0.05) is 24.0 Å². The van der Waals surface area contributed by atoms with Gasteiger partial charge < -0.3 is 14.8 Å². The van der Waals surface area contributed by atoms with Crippen LogP contribution in [0.25, 0.3) is 0 Å². The first-order valence-electron chi connectivity index (χ1n) is 5.94. The van der Waals surface area contributed by atoms with E-state index in [1.54, 1.807) is 12.1 Å². The Kier molecular flexibility index (Phi) is 4.74. The van der Waals surface area contributed by atoms with Gasteiger partial charge in [0.2, 0.25) is 5.95 Å². The minimum Gasteiger partial charge on any atom is -0.495 e. The summed E-state index contributed by atoms with van der Waals surface area (Å²) < 4.78 is 48.8. The van der Waals surface area contributed by atoms with Gasteiger partial charge in [-0.1, -0.05) is 0 Å². The lowest BCUT2D eigenvalue weighted by Gasteiger charge is -2.13. The summed E-state index contributed by atoms with van der Waals surface area (Å²) in [5, 5.41) is 2.69. The van der Waals surface area contributed by atoms with E-state index in [0.29, 0.717) is 21.7 Å². The van der Waals surface area contributed by atoms with E-state index in [2.05, 4.69) is 31.2 Å². The normalized spacial score (nSPS) is 11.2. The van der Waals surface area contributed by atoms with Crippen molar-refractivity contribution < 1.29 is 22.6 Å². The number of rotatable bonds is 4. The second-order valence-electron chi connectivity index (χ2n) is 4.08. The zero-order valence-corrected chi connectivity index (χ0v) is 13.1. The number of ether oxygens (including phenoxy) is 2. The summed E-state index contributed by atoms with van der Waals surface area (Å²) in [4.78, 5) is 7.20. The fourth-order valence-corrected chi connectivity index (χ4v) is 2.20. The van der Waals surface area contributed by atoms with Gasteiger partial charge in [-0.3, -0.25) is 0 Å². The standard InChI is InChI=1S/C13H11BrF3N3O2/c1-21-8-5-7(6-9(22-2)11(8)14)19-12-18-4-3-10(20-12)13(15,16)17/h3-6H,1-2H3,(H,18,19,20). The van der Waals surface area contributed by atoms with Crippen LogP contribution in [0.4, 0.5) is 24.8 Å². The minimum absolute atomic E-state index is 0.179. The van der Waals surface area contributed by atoms with E-state index in [9.17, 15) is 13.2 Å². The molecular formula is C13H11BrF3N3O2. The van der Waals surface area contributed by atoms with Crippen molar-refractivity contribution in [2.45, 2.75) is 6.18 Å². The van der Waals surface area contributed by atoms with Gasteiger partial charge in [-0.15, -0.1) is 0 Å². The molecule has 1 aromatic carbocycles. The molecule has 5 nitrogen and oxygen atoms in total. The summed E-state index contributed by atoms with van der Waals surface area (Å²) in [6.07, 6.45) is -3.50. The number of halogens is 4. The van der Waals surface area contributed by atoms with Crippen LogP contribution < -0.4 is 14.8 Å². The van der Waals surface area contributed by atoms with Crippen LogP contribution in [0.15, 0.2) is 28.9 Å². The number of anilines is 2. The monoisotopic (exact) mass is 377 g/mol. The molecule has 2 rings (SSSR count). The lowest BCUT2D eigenvalue weighted by Crippen LogP contribution is -2.10. The zero-order valence-electron chi connectivity index (χ0n) is 11.5. The molecule has 1 aromatic heterocycles. The van der Waals surface area contributed by atoms with E-state index in [0.717, 1.165) is 12.3 Å². The van der Waals surface area contributed by atoms with Gasteiger partial charge in [-0.2, -0.15) is 13.2 Å². The van der Waals surface area contributed by atoms with Crippen molar-refractivity contribution in [3.05, 3.63) is 34.6 Å². The molecule has 0 aliphatic rings. The second-order valence-corrected chi connectivity index (χ2v) is 4.88. The van der Waals surface area contributed by atoms with Crippen molar-refractivity contribution >= 4 is 27.6 Å². The molecule has 0 saturated heterocycles. The Morgan fingerprint density at radius 3 is 2.23 bits per heavy atom. The number of aromatic nitrogens is 2. The van der Waals surface area contributed by atoms with Crippen LogP contribution in [-0.2, 0) is 6.18 Å². The van der Waals surface area contributed by atoms with Gasteiger partial charge >= 0.3 is 6.18 Å². The molecule has 0 atom stereocenters. The lowest BCUT2D eigenvalue weighted by atomic mass is 10.2. The predicted octanol–water partition coefficient (Wildman–Crippen LogP) is 4.02. The van der Waals surface area contributed by atoms with Crippen molar-refractivity contribution in [1.29, 1.82) is 0 Å². The van der Waals surface area contributed by atoms with Crippen molar-refractivity contribution in [3.8, 4) is 11.5 Å². The highest BCUT2D eigenvalue weighted by atomic mass is 79.9. The van der Waals surface area contributed by atoms with Crippen LogP contribution in [0.2, 0.25) is 0 Å². The number of alkyl halides is 3. The van der Waals surface area contributed by atoms with Crippen molar-refractivity contribution in [2.75, 3.05) is 19.5 Å². The Hall–Kier alpha value is -2.03. The first-order valence-corrected chi connectivity index (χ1v) is 6.73. The van der Waals surface area contributed by atoms with Crippen LogP contribution in [-0.4, -0.2) is 24.2 Å². The van der Waals surface area contributed by atoms with E-state index in [-0.39, 0.29) is 5.95 Å². The Balaban J connectivity index is 2.35. The van der Waals surface area contributed by atoms with Crippen LogP contribution in [0.5, 0.6) is 11.5 Å². The smallest absolute Gasteiger partial charge is 0.433 e. The quantitative estimate of drug-likeness (QED) is 0.871. The maximum atomic E-state index is 12.6. The third-order valence-electron chi connectivity index (χ3n) is 2.65. The van der Waals surface area contributed by atoms with E-state index < -0.39 is 11.9 Å². The molecule has 22 heavy (non-hydrogen) atoms. The molecule has 9 heteroatoms. The molecule has 1 heterocycles. The Morgan fingerprint density at radius 1 is 1.14 bits per heavy atom. The van der Waals surface area contributed by atoms with Gasteiger partial charge in [0.05, 0.1) is 14.2 Å². The molecule has 0 aliphatic carbocycles. The zero-order chi connectivity index (χ0) is 16.3. The predicted molar refractivity (Wildman–Crippen MR) is 77.6 cm³/mol. The Morgan fingerprint density at radius 2 is 1.73 bits per heavy atom. The van der Waals surface area contributed by atoms with Gasteiger partial charge in [0.25, 0.3) is 0 Å². The lowest BCUT2D eigenvalue weighted by molar-refractivity contribution is -0.141. The van der Waals surface area contributed by atoms with Gasteiger partial charge in [-0.25, -0.2) is 9.97 Å². The van der Waals surface area contributed by atoms with Gasteiger partial charge in [0.15, 0.2) is 0 Å². The molecule has 2 aromatic rings. The summed E-state index contributed by atoms with van der Waals surface area (Å²) in [5.74, 6) is 0.726. The summed E-state index contributed by atoms with van der Waals surface area (Å²) in [6.45, 7) is 0. The summed E-state index contributed by atoms with van der Waals surface area (Å²) in [5.41, 5.74) is -0.600. The fraction of sp³-hybridized carbons (Fsp3) is 0.231. The molecule has 0 spiro atoms. The molecule has 0 saturated carbocycles. The number of nitrogens with zero attached hydrogens (tertiary/aromatic N) is 2. The van der Waals surface area contributed by atoms with Crippen molar-refractivity contribution in [1.82, 2.24) is 9.97 Å². The van der Waals surface area contributed by atoms with E-state index in [1.165, 1.54) is 14.2 Å². The van der Waals surface area contributed by atoms with E-state index >= 15 is 0 Å². The molecular weight excluding hydrogens is 367 g/mol. The average molecular weight is 378 g/mol. The molecule has 0 aliphatic heterocycles. The van der Waals surface area contributed by atoms with Gasteiger partial charge in [0.1, 0.15) is 21.7 Å².